The summed E-state index contributed by atoms with van der Waals surface area (Å²) in [5.41, 5.74) is 9.92. The zero-order chi connectivity index (χ0) is 13.4. The lowest BCUT2D eigenvalue weighted by Crippen LogP contribution is -2.11. The van der Waals surface area contributed by atoms with Gasteiger partial charge in [-0.2, -0.15) is 0 Å². The van der Waals surface area contributed by atoms with Crippen molar-refractivity contribution in [2.24, 2.45) is 5.73 Å². The smallest absolute Gasteiger partial charge is 0.123 e. The topological polar surface area (TPSA) is 35.2 Å². The Morgan fingerprint density at radius 2 is 1.84 bits per heavy atom. The van der Waals surface area contributed by atoms with Gasteiger partial charge < -0.3 is 10.5 Å². The molecule has 0 radical (unpaired) electrons. The first-order valence-corrected chi connectivity index (χ1v) is 7.52. The first kappa shape index (κ1) is 12.9. The Balaban J connectivity index is 1.90. The lowest BCUT2D eigenvalue weighted by atomic mass is 9.97. The van der Waals surface area contributed by atoms with Gasteiger partial charge in [-0.15, -0.1) is 0 Å². The molecule has 2 unspecified atom stereocenters. The van der Waals surface area contributed by atoms with Crippen molar-refractivity contribution in [1.29, 1.82) is 0 Å². The second-order valence-electron chi connectivity index (χ2n) is 5.03. The maximum absolute atomic E-state index is 6.35. The zero-order valence-corrected chi connectivity index (χ0v) is 12.9. The number of hydrogen-bond donors (Lipinski definition) is 1. The van der Waals surface area contributed by atoms with Crippen LogP contribution in [0.5, 0.6) is 5.75 Å². The van der Waals surface area contributed by atoms with Crippen LogP contribution < -0.4 is 10.5 Å². The van der Waals surface area contributed by atoms with E-state index in [1.165, 1.54) is 9.13 Å². The van der Waals surface area contributed by atoms with Crippen LogP contribution in [0, 0.1) is 3.57 Å². The van der Waals surface area contributed by atoms with Crippen molar-refractivity contribution in [3.8, 4) is 5.75 Å². The minimum atomic E-state index is -0.0711. The van der Waals surface area contributed by atoms with Gasteiger partial charge in [0.2, 0.25) is 0 Å². The van der Waals surface area contributed by atoms with Crippen LogP contribution in [0.4, 0.5) is 0 Å². The molecule has 2 N–H and O–H groups in total. The molecule has 3 heteroatoms. The summed E-state index contributed by atoms with van der Waals surface area (Å²) in [7, 11) is 0. The summed E-state index contributed by atoms with van der Waals surface area (Å²) >= 11 is 2.30. The minimum absolute atomic E-state index is 0.0711. The molecule has 1 aliphatic rings. The molecule has 1 heterocycles. The molecule has 0 saturated heterocycles. The monoisotopic (exact) mass is 365 g/mol. The van der Waals surface area contributed by atoms with Crippen molar-refractivity contribution in [1.82, 2.24) is 0 Å². The number of fused-ring (bicyclic) bond motifs is 1. The molecule has 0 bridgehead atoms. The standard InChI is InChI=1S/C16H16INO/c1-10-8-13-9-12(4-7-15(13)19-10)16(18)11-2-5-14(17)6-3-11/h2-7,9-10,16H,8,18H2,1H3. The number of ether oxygens (including phenoxy) is 1. The van der Waals surface area contributed by atoms with Gasteiger partial charge in [0.15, 0.2) is 0 Å². The molecule has 19 heavy (non-hydrogen) atoms. The van der Waals surface area contributed by atoms with Crippen LogP contribution >= 0.6 is 22.6 Å². The molecule has 0 spiro atoms. The normalized spacial score (nSPS) is 18.8. The van der Waals surface area contributed by atoms with E-state index in [1.807, 2.05) is 6.07 Å². The van der Waals surface area contributed by atoms with Crippen molar-refractivity contribution in [2.45, 2.75) is 25.5 Å². The van der Waals surface area contributed by atoms with Crippen molar-refractivity contribution in [2.75, 3.05) is 0 Å². The second-order valence-corrected chi connectivity index (χ2v) is 6.27. The Kier molecular flexibility index (Phi) is 3.50. The van der Waals surface area contributed by atoms with Gasteiger partial charge in [0.05, 0.1) is 6.04 Å². The van der Waals surface area contributed by atoms with E-state index < -0.39 is 0 Å². The number of benzene rings is 2. The summed E-state index contributed by atoms with van der Waals surface area (Å²) < 4.78 is 6.95. The highest BCUT2D eigenvalue weighted by molar-refractivity contribution is 14.1. The van der Waals surface area contributed by atoms with E-state index in [1.54, 1.807) is 0 Å². The van der Waals surface area contributed by atoms with Gasteiger partial charge in [-0.25, -0.2) is 0 Å². The summed E-state index contributed by atoms with van der Waals surface area (Å²) in [4.78, 5) is 0. The number of halogens is 1. The summed E-state index contributed by atoms with van der Waals surface area (Å²) in [5, 5.41) is 0. The third kappa shape index (κ3) is 2.62. The van der Waals surface area contributed by atoms with Crippen LogP contribution in [-0.2, 0) is 6.42 Å². The van der Waals surface area contributed by atoms with Gasteiger partial charge in [0.1, 0.15) is 11.9 Å². The third-order valence-corrected chi connectivity index (χ3v) is 4.23. The van der Waals surface area contributed by atoms with Gasteiger partial charge >= 0.3 is 0 Å². The number of rotatable bonds is 2. The molecule has 1 aliphatic heterocycles. The first-order chi connectivity index (χ1) is 9.13. The molecule has 0 aliphatic carbocycles. The van der Waals surface area contributed by atoms with Crippen LogP contribution in [0.1, 0.15) is 29.7 Å². The van der Waals surface area contributed by atoms with Crippen LogP contribution in [-0.4, -0.2) is 6.10 Å². The number of nitrogens with two attached hydrogens (primary N) is 1. The average Bonchev–Trinajstić information content (AvgIpc) is 2.77. The molecule has 0 aromatic heterocycles. The predicted molar refractivity (Wildman–Crippen MR) is 85.4 cm³/mol. The van der Waals surface area contributed by atoms with Crippen LogP contribution in [0.25, 0.3) is 0 Å². The van der Waals surface area contributed by atoms with Gasteiger partial charge in [0, 0.05) is 9.99 Å². The lowest BCUT2D eigenvalue weighted by molar-refractivity contribution is 0.254. The molecule has 2 atom stereocenters. The Bertz CT molecular complexity index is 594. The SMILES string of the molecule is CC1Cc2cc(C(N)c3ccc(I)cc3)ccc2O1. The number of hydrogen-bond acceptors (Lipinski definition) is 2. The Morgan fingerprint density at radius 3 is 2.58 bits per heavy atom. The highest BCUT2D eigenvalue weighted by Crippen LogP contribution is 2.32. The van der Waals surface area contributed by atoms with E-state index in [-0.39, 0.29) is 12.1 Å². The van der Waals surface area contributed by atoms with E-state index in [9.17, 15) is 0 Å². The molecular weight excluding hydrogens is 349 g/mol. The lowest BCUT2D eigenvalue weighted by Gasteiger charge is -2.13. The largest absolute Gasteiger partial charge is 0.490 e. The third-order valence-electron chi connectivity index (χ3n) is 3.51. The van der Waals surface area contributed by atoms with Crippen LogP contribution in [0.2, 0.25) is 0 Å². The van der Waals surface area contributed by atoms with Crippen LogP contribution in [0.15, 0.2) is 42.5 Å². The highest BCUT2D eigenvalue weighted by atomic mass is 127. The average molecular weight is 365 g/mol. The fraction of sp³-hybridized carbons (Fsp3) is 0.250. The fourth-order valence-corrected chi connectivity index (χ4v) is 2.86. The molecule has 2 aromatic carbocycles. The minimum Gasteiger partial charge on any atom is -0.490 e. The van der Waals surface area contributed by atoms with Gasteiger partial charge in [0.25, 0.3) is 0 Å². The van der Waals surface area contributed by atoms with Gasteiger partial charge in [-0.3, -0.25) is 0 Å². The quantitative estimate of drug-likeness (QED) is 0.825. The molecular formula is C16H16INO. The van der Waals surface area contributed by atoms with Crippen LogP contribution in [0.3, 0.4) is 0 Å². The first-order valence-electron chi connectivity index (χ1n) is 6.44. The van der Waals surface area contributed by atoms with E-state index in [2.05, 4.69) is 65.9 Å². The summed E-state index contributed by atoms with van der Waals surface area (Å²) in [6, 6.07) is 14.6. The maximum atomic E-state index is 6.35. The van der Waals surface area contributed by atoms with Crippen molar-refractivity contribution < 1.29 is 4.74 Å². The van der Waals surface area contributed by atoms with Crippen molar-refractivity contribution in [3.05, 3.63) is 62.7 Å². The maximum Gasteiger partial charge on any atom is 0.123 e. The van der Waals surface area contributed by atoms with Gasteiger partial charge in [-0.1, -0.05) is 24.3 Å². The molecule has 98 valence electrons. The molecule has 0 saturated carbocycles. The van der Waals surface area contributed by atoms with E-state index in [4.69, 9.17) is 10.5 Å². The van der Waals surface area contributed by atoms with E-state index in [0.29, 0.717) is 0 Å². The molecule has 2 aromatic rings. The van der Waals surface area contributed by atoms with E-state index in [0.717, 1.165) is 23.3 Å². The Morgan fingerprint density at radius 1 is 1.16 bits per heavy atom. The predicted octanol–water partition coefficient (Wildman–Crippen LogP) is 3.66. The Hall–Kier alpha value is -1.07. The molecule has 3 rings (SSSR count). The van der Waals surface area contributed by atoms with Gasteiger partial charge in [-0.05, 0) is 64.4 Å². The van der Waals surface area contributed by atoms with Crippen molar-refractivity contribution >= 4 is 22.6 Å². The Labute approximate surface area is 127 Å². The van der Waals surface area contributed by atoms with E-state index >= 15 is 0 Å². The summed E-state index contributed by atoms with van der Waals surface area (Å²) in [5.74, 6) is 1.01. The summed E-state index contributed by atoms with van der Waals surface area (Å²) in [6.45, 7) is 2.10. The fourth-order valence-electron chi connectivity index (χ4n) is 2.50. The zero-order valence-electron chi connectivity index (χ0n) is 10.8. The van der Waals surface area contributed by atoms with Crippen molar-refractivity contribution in [3.63, 3.8) is 0 Å². The molecule has 0 amide bonds. The summed E-state index contributed by atoms with van der Waals surface area (Å²) in [6.07, 6.45) is 1.25. The molecule has 0 fully saturated rings. The second kappa shape index (κ2) is 5.13. The highest BCUT2D eigenvalue weighted by Gasteiger charge is 2.20. The molecule has 2 nitrogen and oxygen atoms in total.